The summed E-state index contributed by atoms with van der Waals surface area (Å²) >= 11 is 0. The molecule has 6 heteroatoms. The summed E-state index contributed by atoms with van der Waals surface area (Å²) in [6.45, 7) is 0. The van der Waals surface area contributed by atoms with Gasteiger partial charge in [-0.15, -0.1) is 0 Å². The molecule has 0 aliphatic heterocycles. The van der Waals surface area contributed by atoms with Gasteiger partial charge in [0.2, 0.25) is 0 Å². The minimum absolute atomic E-state index is 0.312. The maximum Gasteiger partial charge on any atom is 0.313 e. The van der Waals surface area contributed by atoms with Crippen LogP contribution in [0.25, 0.3) is 0 Å². The lowest BCUT2D eigenvalue weighted by molar-refractivity contribution is -0.140. The van der Waals surface area contributed by atoms with Crippen LogP contribution in [0.2, 0.25) is 0 Å². The molecule has 0 N–H and O–H groups in total. The Hall–Kier alpha value is -3.28. The molecule has 0 fully saturated rings. The quantitative estimate of drug-likeness (QED) is 0.405. The summed E-state index contributed by atoms with van der Waals surface area (Å²) < 4.78 is 9.10. The molecule has 2 aromatic rings. The van der Waals surface area contributed by atoms with Gasteiger partial charge in [0.05, 0.1) is 14.2 Å². The normalized spacial score (nSPS) is 10.1. The van der Waals surface area contributed by atoms with E-state index in [9.17, 15) is 19.2 Å². The molecule has 0 heterocycles. The summed E-state index contributed by atoms with van der Waals surface area (Å²) in [5, 5.41) is 0. The minimum atomic E-state index is -0.608. The molecule has 0 aliphatic rings. The molecule has 6 nitrogen and oxygen atoms in total. The van der Waals surface area contributed by atoms with Crippen LogP contribution in [0.4, 0.5) is 0 Å². The number of carbonyl (C=O) groups excluding carboxylic acids is 4. The Morgan fingerprint density at radius 2 is 1.04 bits per heavy atom. The smallest absolute Gasteiger partial charge is 0.313 e. The number of methoxy groups -OCH3 is 2. The Bertz CT molecular complexity index is 797. The highest BCUT2D eigenvalue weighted by atomic mass is 16.5. The Morgan fingerprint density at radius 3 is 1.41 bits per heavy atom. The van der Waals surface area contributed by atoms with E-state index in [4.69, 9.17) is 0 Å². The number of hydrogen-bond donors (Lipinski definition) is 0. The Labute approximate surface area is 157 Å². The molecule has 0 atom stereocenters. The van der Waals surface area contributed by atoms with Crippen LogP contribution in [-0.2, 0) is 25.5 Å². The second kappa shape index (κ2) is 9.43. The van der Waals surface area contributed by atoms with Crippen LogP contribution in [0.1, 0.15) is 44.7 Å². The second-order valence-electron chi connectivity index (χ2n) is 5.84. The first-order chi connectivity index (χ1) is 13.0. The van der Waals surface area contributed by atoms with E-state index in [2.05, 4.69) is 9.47 Å². The van der Waals surface area contributed by atoms with Crippen molar-refractivity contribution in [2.75, 3.05) is 14.2 Å². The highest BCUT2D eigenvalue weighted by Crippen LogP contribution is 2.20. The fourth-order valence-electron chi connectivity index (χ4n) is 2.70. The van der Waals surface area contributed by atoms with Gasteiger partial charge in [-0.25, -0.2) is 0 Å². The van der Waals surface area contributed by atoms with Crippen LogP contribution in [0.15, 0.2) is 48.5 Å². The van der Waals surface area contributed by atoms with Gasteiger partial charge in [-0.3, -0.25) is 19.2 Å². The maximum absolute atomic E-state index is 12.4. The number of benzene rings is 2. The molecule has 0 unspecified atom stereocenters. The fourth-order valence-corrected chi connectivity index (χ4v) is 2.70. The van der Waals surface area contributed by atoms with Crippen molar-refractivity contribution in [2.24, 2.45) is 0 Å². The van der Waals surface area contributed by atoms with E-state index < -0.39 is 11.9 Å². The summed E-state index contributed by atoms with van der Waals surface area (Å²) in [4.78, 5) is 47.6. The van der Waals surface area contributed by atoms with Crippen molar-refractivity contribution in [3.63, 3.8) is 0 Å². The van der Waals surface area contributed by atoms with Crippen LogP contribution in [-0.4, -0.2) is 37.7 Å². The second-order valence-corrected chi connectivity index (χ2v) is 5.84. The molecule has 0 saturated heterocycles. The van der Waals surface area contributed by atoms with E-state index in [1.54, 1.807) is 48.5 Å². The standard InChI is InChI=1S/C21H20O6/c1-26-20(24)12-18(22)16-9-5-3-7-14(16)11-15-8-4-6-10-17(15)19(23)13-21(25)27-2/h3-10H,11-13H2,1-2H3. The first-order valence-electron chi connectivity index (χ1n) is 8.32. The lowest BCUT2D eigenvalue weighted by atomic mass is 9.92. The Balaban J connectivity index is 2.31. The summed E-state index contributed by atoms with van der Waals surface area (Å²) in [7, 11) is 2.45. The third kappa shape index (κ3) is 5.34. The average molecular weight is 368 g/mol. The van der Waals surface area contributed by atoms with E-state index in [0.29, 0.717) is 28.7 Å². The van der Waals surface area contributed by atoms with Crippen molar-refractivity contribution >= 4 is 23.5 Å². The van der Waals surface area contributed by atoms with Crippen molar-refractivity contribution in [2.45, 2.75) is 19.3 Å². The van der Waals surface area contributed by atoms with Crippen LogP contribution in [0, 0.1) is 0 Å². The summed E-state index contributed by atoms with van der Waals surface area (Å²) in [5.41, 5.74) is 2.17. The Morgan fingerprint density at radius 1 is 0.667 bits per heavy atom. The van der Waals surface area contributed by atoms with E-state index in [1.165, 1.54) is 14.2 Å². The third-order valence-electron chi connectivity index (χ3n) is 4.08. The van der Waals surface area contributed by atoms with Gasteiger partial charge >= 0.3 is 11.9 Å². The van der Waals surface area contributed by atoms with Gasteiger partial charge in [0.25, 0.3) is 0 Å². The molecule has 0 spiro atoms. The lowest BCUT2D eigenvalue weighted by Gasteiger charge is -2.11. The largest absolute Gasteiger partial charge is 0.469 e. The van der Waals surface area contributed by atoms with Crippen LogP contribution in [0.5, 0.6) is 0 Å². The zero-order chi connectivity index (χ0) is 19.8. The topological polar surface area (TPSA) is 86.7 Å². The SMILES string of the molecule is COC(=O)CC(=O)c1ccccc1Cc1ccccc1C(=O)CC(=O)OC. The molecule has 2 rings (SSSR count). The van der Waals surface area contributed by atoms with Crippen molar-refractivity contribution in [3.05, 3.63) is 70.8 Å². The molecule has 0 aromatic heterocycles. The van der Waals surface area contributed by atoms with E-state index in [1.807, 2.05) is 0 Å². The fraction of sp³-hybridized carbons (Fsp3) is 0.238. The van der Waals surface area contributed by atoms with E-state index >= 15 is 0 Å². The molecule has 0 bridgehead atoms. The van der Waals surface area contributed by atoms with E-state index in [-0.39, 0.29) is 24.4 Å². The van der Waals surface area contributed by atoms with Gasteiger partial charge in [-0.2, -0.15) is 0 Å². The zero-order valence-corrected chi connectivity index (χ0v) is 15.2. The predicted octanol–water partition coefficient (Wildman–Crippen LogP) is 2.77. The van der Waals surface area contributed by atoms with Gasteiger partial charge in [0, 0.05) is 11.1 Å². The van der Waals surface area contributed by atoms with Crippen LogP contribution >= 0.6 is 0 Å². The van der Waals surface area contributed by atoms with Gasteiger partial charge in [0.15, 0.2) is 11.6 Å². The molecule has 140 valence electrons. The molecule has 0 saturated carbocycles. The van der Waals surface area contributed by atoms with Gasteiger partial charge in [0.1, 0.15) is 12.8 Å². The van der Waals surface area contributed by atoms with Crippen molar-refractivity contribution < 1.29 is 28.7 Å². The third-order valence-corrected chi connectivity index (χ3v) is 4.08. The monoisotopic (exact) mass is 368 g/mol. The lowest BCUT2D eigenvalue weighted by Crippen LogP contribution is -2.13. The van der Waals surface area contributed by atoms with Gasteiger partial charge in [-0.05, 0) is 17.5 Å². The first-order valence-corrected chi connectivity index (χ1v) is 8.32. The molecular formula is C21H20O6. The molecule has 2 aromatic carbocycles. The number of carbonyl (C=O) groups is 4. The molecular weight excluding hydrogens is 348 g/mol. The molecule has 0 aliphatic carbocycles. The summed E-state index contributed by atoms with van der Waals surface area (Å²) in [6.07, 6.45) is -0.390. The van der Waals surface area contributed by atoms with Crippen LogP contribution in [0.3, 0.4) is 0 Å². The van der Waals surface area contributed by atoms with Crippen molar-refractivity contribution in [1.29, 1.82) is 0 Å². The summed E-state index contributed by atoms with van der Waals surface area (Å²) in [5.74, 6) is -1.92. The first kappa shape index (κ1) is 20.0. The Kier molecular flexibility index (Phi) is 7.00. The highest BCUT2D eigenvalue weighted by molar-refractivity contribution is 6.08. The predicted molar refractivity (Wildman–Crippen MR) is 97.6 cm³/mol. The summed E-state index contributed by atoms with van der Waals surface area (Å²) in [6, 6.07) is 13.8. The highest BCUT2D eigenvalue weighted by Gasteiger charge is 2.19. The van der Waals surface area contributed by atoms with Gasteiger partial charge < -0.3 is 9.47 Å². The maximum atomic E-state index is 12.4. The molecule has 0 radical (unpaired) electrons. The average Bonchev–Trinajstić information content (AvgIpc) is 2.68. The van der Waals surface area contributed by atoms with Crippen molar-refractivity contribution in [3.8, 4) is 0 Å². The van der Waals surface area contributed by atoms with E-state index in [0.717, 1.165) is 0 Å². The number of Topliss-reactive ketones (excluding diaryl/α,β-unsaturated/α-hetero) is 2. The molecule has 0 amide bonds. The zero-order valence-electron chi connectivity index (χ0n) is 15.2. The van der Waals surface area contributed by atoms with Crippen molar-refractivity contribution in [1.82, 2.24) is 0 Å². The number of ketones is 2. The number of ether oxygens (including phenoxy) is 2. The molecule has 27 heavy (non-hydrogen) atoms. The van der Waals surface area contributed by atoms with Gasteiger partial charge in [-0.1, -0.05) is 48.5 Å². The minimum Gasteiger partial charge on any atom is -0.469 e. The van der Waals surface area contributed by atoms with Crippen LogP contribution < -0.4 is 0 Å². The number of rotatable bonds is 8. The number of esters is 2. The number of hydrogen-bond acceptors (Lipinski definition) is 6.